The molecule has 3 atom stereocenters. The lowest BCUT2D eigenvalue weighted by Gasteiger charge is -2.25. The van der Waals surface area contributed by atoms with E-state index in [1.54, 1.807) is 24.3 Å². The Morgan fingerprint density at radius 1 is 1.03 bits per heavy atom. The fourth-order valence-corrected chi connectivity index (χ4v) is 4.53. The van der Waals surface area contributed by atoms with E-state index in [0.717, 1.165) is 12.0 Å². The van der Waals surface area contributed by atoms with Crippen molar-refractivity contribution >= 4 is 35.1 Å². The number of rotatable bonds is 5. The number of nitrogens with one attached hydrogen (secondary N) is 1. The van der Waals surface area contributed by atoms with Crippen LogP contribution >= 0.6 is 0 Å². The maximum absolute atomic E-state index is 12.9. The summed E-state index contributed by atoms with van der Waals surface area (Å²) in [6, 6.07) is 13.5. The highest BCUT2D eigenvalue weighted by Crippen LogP contribution is 2.42. The molecule has 1 N–H and O–H groups in total. The summed E-state index contributed by atoms with van der Waals surface area (Å²) in [5.74, 6) is -1.69. The fourth-order valence-electron chi connectivity index (χ4n) is 4.53. The average Bonchev–Trinajstić information content (AvgIpc) is 3.03. The van der Waals surface area contributed by atoms with Crippen LogP contribution < -0.4 is 10.2 Å². The van der Waals surface area contributed by atoms with Crippen molar-refractivity contribution in [2.24, 2.45) is 17.8 Å². The van der Waals surface area contributed by atoms with Crippen molar-refractivity contribution < 1.29 is 23.9 Å². The predicted octanol–water partition coefficient (Wildman–Crippen LogP) is 3.72. The number of benzene rings is 2. The summed E-state index contributed by atoms with van der Waals surface area (Å²) in [5, 5.41) is 2.70. The second kappa shape index (κ2) is 8.94. The number of para-hydroxylation sites is 1. The van der Waals surface area contributed by atoms with Crippen LogP contribution in [0.2, 0.25) is 0 Å². The molecule has 2 aliphatic rings. The molecular formula is C25H26N2O5. The number of hydrogen-bond donors (Lipinski definition) is 1. The van der Waals surface area contributed by atoms with Gasteiger partial charge in [0.1, 0.15) is 0 Å². The maximum atomic E-state index is 12.9. The standard InChI is InChI=1S/C25H26N2O5/c1-15-10-11-19-20(12-15)24(30)27(23(19)29)18-8-5-7-17(13-18)25(31)32-14-22(28)26-21-9-4-3-6-16(21)2/h3-9,13,15,19-20H,10-12,14H2,1-2H3,(H,26,28)/t15-,19-,20-/m1/s1. The molecule has 7 heteroatoms. The molecule has 1 heterocycles. The van der Waals surface area contributed by atoms with Gasteiger partial charge in [0.05, 0.1) is 23.1 Å². The molecule has 0 aromatic heterocycles. The number of nitrogens with zero attached hydrogens (tertiary/aromatic N) is 1. The summed E-state index contributed by atoms with van der Waals surface area (Å²) >= 11 is 0. The van der Waals surface area contributed by atoms with Crippen LogP contribution in [0.3, 0.4) is 0 Å². The van der Waals surface area contributed by atoms with Crippen molar-refractivity contribution in [3.05, 3.63) is 59.7 Å². The van der Waals surface area contributed by atoms with Gasteiger partial charge >= 0.3 is 5.97 Å². The van der Waals surface area contributed by atoms with Crippen LogP contribution in [-0.2, 0) is 19.1 Å². The molecule has 7 nitrogen and oxygen atoms in total. The number of ether oxygens (including phenoxy) is 1. The lowest BCUT2D eigenvalue weighted by Crippen LogP contribution is -2.31. The van der Waals surface area contributed by atoms with Gasteiger partial charge in [0.15, 0.2) is 6.61 Å². The third-order valence-corrected chi connectivity index (χ3v) is 6.28. The first kappa shape index (κ1) is 21.7. The minimum Gasteiger partial charge on any atom is -0.452 e. The largest absolute Gasteiger partial charge is 0.452 e. The van der Waals surface area contributed by atoms with E-state index in [2.05, 4.69) is 12.2 Å². The van der Waals surface area contributed by atoms with Gasteiger partial charge in [-0.2, -0.15) is 0 Å². The Bertz CT molecular complexity index is 1080. The highest BCUT2D eigenvalue weighted by Gasteiger charge is 2.50. The minimum absolute atomic E-state index is 0.176. The van der Waals surface area contributed by atoms with Crippen LogP contribution in [0.15, 0.2) is 48.5 Å². The Balaban J connectivity index is 1.42. The van der Waals surface area contributed by atoms with Crippen LogP contribution in [-0.4, -0.2) is 30.3 Å². The Labute approximate surface area is 186 Å². The zero-order valence-electron chi connectivity index (χ0n) is 18.2. The van der Waals surface area contributed by atoms with Crippen molar-refractivity contribution in [1.29, 1.82) is 0 Å². The molecule has 1 saturated heterocycles. The van der Waals surface area contributed by atoms with E-state index >= 15 is 0 Å². The van der Waals surface area contributed by atoms with E-state index in [9.17, 15) is 19.2 Å². The third-order valence-electron chi connectivity index (χ3n) is 6.28. The lowest BCUT2D eigenvalue weighted by molar-refractivity contribution is -0.122. The van der Waals surface area contributed by atoms with Crippen LogP contribution in [0, 0.1) is 24.7 Å². The van der Waals surface area contributed by atoms with Crippen molar-refractivity contribution in [2.45, 2.75) is 33.1 Å². The van der Waals surface area contributed by atoms with Gasteiger partial charge in [0, 0.05) is 5.69 Å². The van der Waals surface area contributed by atoms with E-state index in [1.807, 2.05) is 19.1 Å². The second-order valence-corrected chi connectivity index (χ2v) is 8.63. The normalized spacial score (nSPS) is 22.4. The fraction of sp³-hybridized carbons (Fsp3) is 0.360. The van der Waals surface area contributed by atoms with Gasteiger partial charge in [0.2, 0.25) is 11.8 Å². The summed E-state index contributed by atoms with van der Waals surface area (Å²) < 4.78 is 5.14. The molecule has 0 bridgehead atoms. The van der Waals surface area contributed by atoms with Crippen molar-refractivity contribution in [1.82, 2.24) is 0 Å². The average molecular weight is 434 g/mol. The van der Waals surface area contributed by atoms with E-state index < -0.39 is 18.5 Å². The van der Waals surface area contributed by atoms with E-state index in [0.29, 0.717) is 30.1 Å². The molecule has 1 aliphatic carbocycles. The van der Waals surface area contributed by atoms with Gasteiger partial charge < -0.3 is 10.1 Å². The van der Waals surface area contributed by atoms with E-state index in [-0.39, 0.29) is 29.2 Å². The molecule has 3 amide bonds. The molecule has 166 valence electrons. The number of imide groups is 1. The molecule has 2 aromatic carbocycles. The quantitative estimate of drug-likeness (QED) is 0.572. The molecule has 0 spiro atoms. The Hall–Kier alpha value is -3.48. The zero-order chi connectivity index (χ0) is 22.8. The molecule has 4 rings (SSSR count). The Morgan fingerprint density at radius 3 is 2.56 bits per heavy atom. The molecule has 2 aromatic rings. The molecule has 0 radical (unpaired) electrons. The first-order chi connectivity index (χ1) is 15.3. The van der Waals surface area contributed by atoms with Gasteiger partial charge in [-0.25, -0.2) is 4.79 Å². The van der Waals surface area contributed by atoms with Gasteiger partial charge in [-0.1, -0.05) is 31.2 Å². The topological polar surface area (TPSA) is 92.8 Å². The van der Waals surface area contributed by atoms with Crippen molar-refractivity contribution in [2.75, 3.05) is 16.8 Å². The molecule has 2 fully saturated rings. The number of fused-ring (bicyclic) bond motifs is 1. The van der Waals surface area contributed by atoms with Crippen LogP contribution in [0.5, 0.6) is 0 Å². The lowest BCUT2D eigenvalue weighted by atomic mass is 9.76. The zero-order valence-corrected chi connectivity index (χ0v) is 18.2. The van der Waals surface area contributed by atoms with Crippen LogP contribution in [0.25, 0.3) is 0 Å². The van der Waals surface area contributed by atoms with Gasteiger partial charge in [-0.3, -0.25) is 19.3 Å². The summed E-state index contributed by atoms with van der Waals surface area (Å²) in [7, 11) is 0. The summed E-state index contributed by atoms with van der Waals surface area (Å²) in [6.07, 6.45) is 2.36. The molecular weight excluding hydrogens is 408 g/mol. The number of carbonyl (C=O) groups is 4. The molecule has 1 aliphatic heterocycles. The molecule has 32 heavy (non-hydrogen) atoms. The number of anilines is 2. The van der Waals surface area contributed by atoms with E-state index in [1.165, 1.54) is 17.0 Å². The highest BCUT2D eigenvalue weighted by molar-refractivity contribution is 6.22. The summed E-state index contributed by atoms with van der Waals surface area (Å²) in [5.41, 5.74) is 2.09. The Morgan fingerprint density at radius 2 is 1.78 bits per heavy atom. The summed E-state index contributed by atoms with van der Waals surface area (Å²) in [4.78, 5) is 51.7. The number of amides is 3. The molecule has 1 saturated carbocycles. The first-order valence-corrected chi connectivity index (χ1v) is 10.9. The highest BCUT2D eigenvalue weighted by atomic mass is 16.5. The SMILES string of the molecule is Cc1ccccc1NC(=O)COC(=O)c1cccc(N2C(=O)[C@@H]3CC[C@@H](C)C[C@H]3C2=O)c1. The number of carbonyl (C=O) groups excluding carboxylic acids is 4. The van der Waals surface area contributed by atoms with Crippen LogP contribution in [0.1, 0.15) is 42.1 Å². The van der Waals surface area contributed by atoms with Crippen molar-refractivity contribution in [3.63, 3.8) is 0 Å². The van der Waals surface area contributed by atoms with Gasteiger partial charge in [-0.15, -0.1) is 0 Å². The first-order valence-electron chi connectivity index (χ1n) is 10.9. The maximum Gasteiger partial charge on any atom is 0.338 e. The van der Waals surface area contributed by atoms with Crippen molar-refractivity contribution in [3.8, 4) is 0 Å². The predicted molar refractivity (Wildman–Crippen MR) is 119 cm³/mol. The number of esters is 1. The second-order valence-electron chi connectivity index (χ2n) is 8.63. The molecule has 0 unspecified atom stereocenters. The number of aryl methyl sites for hydroxylation is 1. The minimum atomic E-state index is -0.697. The smallest absolute Gasteiger partial charge is 0.338 e. The summed E-state index contributed by atoms with van der Waals surface area (Å²) in [6.45, 7) is 3.52. The number of hydrogen-bond acceptors (Lipinski definition) is 5. The monoisotopic (exact) mass is 434 g/mol. The Kier molecular flexibility index (Phi) is 6.08. The van der Waals surface area contributed by atoms with E-state index in [4.69, 9.17) is 4.74 Å². The van der Waals surface area contributed by atoms with Gasteiger partial charge in [-0.05, 0) is 61.9 Å². The third kappa shape index (κ3) is 4.28. The van der Waals surface area contributed by atoms with Crippen LogP contribution in [0.4, 0.5) is 11.4 Å². The van der Waals surface area contributed by atoms with Gasteiger partial charge in [0.25, 0.3) is 5.91 Å².